The van der Waals surface area contributed by atoms with Crippen LogP contribution < -0.4 is 10.2 Å². The molecule has 0 bridgehead atoms. The molecule has 1 aromatic heterocycles. The summed E-state index contributed by atoms with van der Waals surface area (Å²) in [5, 5.41) is 19.1. The predicted molar refractivity (Wildman–Crippen MR) is 146 cm³/mol. The number of benzene rings is 2. The zero-order valence-electron chi connectivity index (χ0n) is 21.2. The fourth-order valence-electron chi connectivity index (χ4n) is 5.20. The molecule has 2 fully saturated rings. The van der Waals surface area contributed by atoms with Gasteiger partial charge in [-0.3, -0.25) is 14.9 Å². The third-order valence-corrected chi connectivity index (χ3v) is 7.49. The molecule has 0 atom stereocenters. The summed E-state index contributed by atoms with van der Waals surface area (Å²) in [7, 11) is 0. The van der Waals surface area contributed by atoms with Crippen molar-refractivity contribution in [1.29, 1.82) is 0 Å². The number of hydrogen-bond acceptors (Lipinski definition) is 6. The lowest BCUT2D eigenvalue weighted by molar-refractivity contribution is -0.384. The van der Waals surface area contributed by atoms with Crippen LogP contribution >= 0.6 is 12.4 Å². The second kappa shape index (κ2) is 11.3. The zero-order valence-corrected chi connectivity index (χ0v) is 22.0. The van der Waals surface area contributed by atoms with E-state index in [0.717, 1.165) is 43.0 Å². The van der Waals surface area contributed by atoms with Gasteiger partial charge >= 0.3 is 0 Å². The number of non-ortho nitro benzene ring substituents is 1. The topological polar surface area (TPSA) is 96.5 Å². The van der Waals surface area contributed by atoms with E-state index in [1.807, 2.05) is 9.58 Å². The molecular weight excluding hydrogens is 492 g/mol. The maximum atomic E-state index is 13.8. The Morgan fingerprint density at radius 2 is 1.62 bits per heavy atom. The molecule has 0 aliphatic carbocycles. The minimum atomic E-state index is -0.390. The van der Waals surface area contributed by atoms with E-state index < -0.39 is 4.92 Å². The number of carbonyl (C=O) groups is 1. The van der Waals surface area contributed by atoms with Crippen LogP contribution in [0.25, 0.3) is 5.69 Å². The van der Waals surface area contributed by atoms with Gasteiger partial charge in [-0.1, -0.05) is 6.07 Å². The summed E-state index contributed by atoms with van der Waals surface area (Å²) in [5.74, 6) is 0.303. The normalized spacial score (nSPS) is 16.4. The number of halogens is 1. The van der Waals surface area contributed by atoms with Gasteiger partial charge in [0.05, 0.1) is 28.1 Å². The van der Waals surface area contributed by atoms with Gasteiger partial charge in [0.1, 0.15) is 0 Å². The maximum Gasteiger partial charge on any atom is 0.269 e. The van der Waals surface area contributed by atoms with Crippen molar-refractivity contribution in [1.82, 2.24) is 20.0 Å². The van der Waals surface area contributed by atoms with Crippen molar-refractivity contribution < 1.29 is 9.72 Å². The monoisotopic (exact) mass is 524 g/mol. The third-order valence-electron chi connectivity index (χ3n) is 7.49. The number of anilines is 1. The third kappa shape index (κ3) is 5.47. The van der Waals surface area contributed by atoms with E-state index in [2.05, 4.69) is 42.3 Å². The fraction of sp³-hybridized carbons (Fsp3) is 0.407. The lowest BCUT2D eigenvalue weighted by atomic mass is 9.91. The summed E-state index contributed by atoms with van der Waals surface area (Å²) in [5.41, 5.74) is 6.16. The molecule has 196 valence electrons. The van der Waals surface area contributed by atoms with Gasteiger partial charge in [0.15, 0.2) is 0 Å². The minimum Gasteiger partial charge on any atom is -0.368 e. The lowest BCUT2D eigenvalue weighted by Gasteiger charge is -2.36. The van der Waals surface area contributed by atoms with Crippen LogP contribution in [0.2, 0.25) is 0 Å². The molecule has 2 saturated heterocycles. The van der Waals surface area contributed by atoms with Gasteiger partial charge in [-0.25, -0.2) is 4.68 Å². The number of carbonyl (C=O) groups excluding carboxylic acids is 1. The van der Waals surface area contributed by atoms with Gasteiger partial charge in [-0.05, 0) is 75.2 Å². The first-order chi connectivity index (χ1) is 17.4. The summed E-state index contributed by atoms with van der Waals surface area (Å²) in [6, 6.07) is 12.9. The number of nitro groups is 1. The molecule has 0 radical (unpaired) electrons. The first-order valence-electron chi connectivity index (χ1n) is 12.6. The van der Waals surface area contributed by atoms with Gasteiger partial charge < -0.3 is 15.1 Å². The number of aryl methyl sites for hydroxylation is 2. The smallest absolute Gasteiger partial charge is 0.269 e. The summed E-state index contributed by atoms with van der Waals surface area (Å²) < 4.78 is 1.97. The average Bonchev–Trinajstić information content (AvgIpc) is 3.36. The molecule has 2 aliphatic rings. The number of piperazine rings is 1. The van der Waals surface area contributed by atoms with Gasteiger partial charge in [0, 0.05) is 49.9 Å². The Kier molecular flexibility index (Phi) is 8.14. The van der Waals surface area contributed by atoms with Crippen LogP contribution in [0.15, 0.2) is 48.7 Å². The molecule has 1 amide bonds. The lowest BCUT2D eigenvalue weighted by Crippen LogP contribution is -2.49. The van der Waals surface area contributed by atoms with Crippen LogP contribution in [-0.4, -0.2) is 64.8 Å². The molecule has 0 spiro atoms. The number of nitrogens with one attached hydrogen (secondary N) is 1. The number of rotatable bonds is 5. The number of aromatic nitrogens is 2. The molecule has 3 aromatic rings. The number of nitro benzene ring substituents is 1. The molecule has 9 nitrogen and oxygen atoms in total. The highest BCUT2D eigenvalue weighted by Gasteiger charge is 2.31. The van der Waals surface area contributed by atoms with Gasteiger partial charge in [0.25, 0.3) is 11.6 Å². The van der Waals surface area contributed by atoms with E-state index in [1.165, 1.54) is 23.3 Å². The highest BCUT2D eigenvalue weighted by atomic mass is 35.5. The van der Waals surface area contributed by atoms with Gasteiger partial charge in [-0.2, -0.15) is 5.10 Å². The van der Waals surface area contributed by atoms with Crippen molar-refractivity contribution in [3.8, 4) is 5.69 Å². The number of amides is 1. The molecule has 37 heavy (non-hydrogen) atoms. The summed E-state index contributed by atoms with van der Waals surface area (Å²) in [6.07, 6.45) is 3.70. The molecule has 1 N–H and O–H groups in total. The first-order valence-corrected chi connectivity index (χ1v) is 12.6. The molecule has 2 aliphatic heterocycles. The Bertz CT molecular complexity index is 1260. The van der Waals surface area contributed by atoms with Crippen LogP contribution in [0.3, 0.4) is 0 Å². The van der Waals surface area contributed by atoms with Crippen LogP contribution in [0, 0.1) is 24.0 Å². The molecular formula is C27H33ClN6O3. The van der Waals surface area contributed by atoms with E-state index in [1.54, 1.807) is 18.3 Å². The van der Waals surface area contributed by atoms with Crippen LogP contribution in [0.1, 0.15) is 45.9 Å². The van der Waals surface area contributed by atoms with E-state index in [9.17, 15) is 14.9 Å². The van der Waals surface area contributed by atoms with Crippen molar-refractivity contribution in [2.24, 2.45) is 0 Å². The Morgan fingerprint density at radius 3 is 2.24 bits per heavy atom. The molecule has 10 heteroatoms. The predicted octanol–water partition coefficient (Wildman–Crippen LogP) is 4.25. The SMILES string of the molecule is Cc1ccc(-n2ncc(C(=O)N3CCN(c4ccc([N+](=O)[O-])cc4)CC3)c2C2CCNCC2)cc1C.Cl. The highest BCUT2D eigenvalue weighted by Crippen LogP contribution is 2.32. The van der Waals surface area contributed by atoms with E-state index in [-0.39, 0.29) is 29.9 Å². The van der Waals surface area contributed by atoms with E-state index >= 15 is 0 Å². The fourth-order valence-corrected chi connectivity index (χ4v) is 5.20. The summed E-state index contributed by atoms with van der Waals surface area (Å²) in [4.78, 5) is 28.4. The summed E-state index contributed by atoms with van der Waals surface area (Å²) in [6.45, 7) is 8.61. The molecule has 2 aromatic carbocycles. The van der Waals surface area contributed by atoms with Gasteiger partial charge in [-0.15, -0.1) is 12.4 Å². The second-order valence-corrected chi connectivity index (χ2v) is 9.70. The Hall–Kier alpha value is -3.43. The molecule has 0 unspecified atom stereocenters. The van der Waals surface area contributed by atoms with Crippen molar-refractivity contribution in [3.05, 3.63) is 81.2 Å². The first kappa shape index (κ1) is 26.6. The summed E-state index contributed by atoms with van der Waals surface area (Å²) >= 11 is 0. The minimum absolute atomic E-state index is 0. The molecule has 0 saturated carbocycles. The van der Waals surface area contributed by atoms with Crippen LogP contribution in [0.5, 0.6) is 0 Å². The maximum absolute atomic E-state index is 13.8. The van der Waals surface area contributed by atoms with Crippen LogP contribution in [0.4, 0.5) is 11.4 Å². The Balaban J connectivity index is 0.00000320. The average molecular weight is 525 g/mol. The Morgan fingerprint density at radius 1 is 0.973 bits per heavy atom. The highest BCUT2D eigenvalue weighted by molar-refractivity contribution is 5.95. The zero-order chi connectivity index (χ0) is 25.2. The van der Waals surface area contributed by atoms with Crippen LogP contribution in [-0.2, 0) is 0 Å². The van der Waals surface area contributed by atoms with E-state index in [4.69, 9.17) is 5.10 Å². The van der Waals surface area contributed by atoms with Crippen molar-refractivity contribution in [2.75, 3.05) is 44.2 Å². The standard InChI is InChI=1S/C27H32N6O3.ClH/c1-19-3-4-24(17-20(19)2)32-26(21-9-11-28-12-10-21)25(18-29-32)27(34)31-15-13-30(14-16-31)22-5-7-23(8-6-22)33(35)36;/h3-8,17-18,21,28H,9-16H2,1-2H3;1H. The molecule has 3 heterocycles. The number of hydrogen-bond donors (Lipinski definition) is 1. The number of piperidine rings is 1. The molecule has 5 rings (SSSR count). The quantitative estimate of drug-likeness (QED) is 0.396. The van der Waals surface area contributed by atoms with E-state index in [0.29, 0.717) is 31.7 Å². The van der Waals surface area contributed by atoms with Crippen molar-refractivity contribution in [2.45, 2.75) is 32.6 Å². The largest absolute Gasteiger partial charge is 0.368 e. The Labute approximate surface area is 223 Å². The number of nitrogens with zero attached hydrogens (tertiary/aromatic N) is 5. The van der Waals surface area contributed by atoms with Gasteiger partial charge in [0.2, 0.25) is 0 Å². The van der Waals surface area contributed by atoms with Crippen molar-refractivity contribution in [3.63, 3.8) is 0 Å². The second-order valence-electron chi connectivity index (χ2n) is 9.70. The van der Waals surface area contributed by atoms with Crippen molar-refractivity contribution >= 4 is 29.7 Å².